The van der Waals surface area contributed by atoms with Crippen molar-refractivity contribution in [3.8, 4) is 0 Å². The van der Waals surface area contributed by atoms with Crippen molar-refractivity contribution in [1.82, 2.24) is 10.2 Å². The minimum Gasteiger partial charge on any atom is -0.393 e. The van der Waals surface area contributed by atoms with Crippen LogP contribution < -0.4 is 11.1 Å². The zero-order chi connectivity index (χ0) is 12.9. The van der Waals surface area contributed by atoms with Gasteiger partial charge in [0.2, 0.25) is 5.91 Å². The van der Waals surface area contributed by atoms with Crippen molar-refractivity contribution in [2.45, 2.75) is 20.8 Å². The highest BCUT2D eigenvalue weighted by molar-refractivity contribution is 7.80. The van der Waals surface area contributed by atoms with E-state index >= 15 is 0 Å². The third-order valence-corrected chi connectivity index (χ3v) is 2.66. The Bertz CT molecular complexity index is 264. The van der Waals surface area contributed by atoms with Crippen LogP contribution in [0.5, 0.6) is 0 Å². The van der Waals surface area contributed by atoms with Crippen molar-refractivity contribution in [3.63, 3.8) is 0 Å². The SMILES string of the molecule is CC(C(=O)NCC(C)(C)CN(C)C)C(N)=S. The van der Waals surface area contributed by atoms with Crippen LogP contribution in [0.1, 0.15) is 20.8 Å². The van der Waals surface area contributed by atoms with E-state index in [4.69, 9.17) is 18.0 Å². The number of nitrogens with zero attached hydrogens (tertiary/aromatic N) is 1. The van der Waals surface area contributed by atoms with E-state index in [1.807, 2.05) is 14.1 Å². The highest BCUT2D eigenvalue weighted by Crippen LogP contribution is 2.14. The maximum absolute atomic E-state index is 11.6. The van der Waals surface area contributed by atoms with E-state index in [1.165, 1.54) is 0 Å². The van der Waals surface area contributed by atoms with Crippen molar-refractivity contribution in [2.75, 3.05) is 27.2 Å². The molecule has 0 saturated carbocycles. The summed E-state index contributed by atoms with van der Waals surface area (Å²) in [6, 6.07) is 0. The lowest BCUT2D eigenvalue weighted by Gasteiger charge is -2.28. The summed E-state index contributed by atoms with van der Waals surface area (Å²) in [4.78, 5) is 14.0. The first-order chi connectivity index (χ1) is 7.15. The van der Waals surface area contributed by atoms with Gasteiger partial charge in [-0.25, -0.2) is 0 Å². The van der Waals surface area contributed by atoms with Gasteiger partial charge in [-0.2, -0.15) is 0 Å². The molecule has 0 aromatic carbocycles. The van der Waals surface area contributed by atoms with Crippen LogP contribution in [-0.4, -0.2) is 43.0 Å². The third kappa shape index (κ3) is 6.02. The highest BCUT2D eigenvalue weighted by Gasteiger charge is 2.22. The van der Waals surface area contributed by atoms with E-state index < -0.39 is 5.92 Å². The number of hydrogen-bond acceptors (Lipinski definition) is 3. The molecule has 0 aliphatic carbocycles. The molecule has 3 N–H and O–H groups in total. The lowest BCUT2D eigenvalue weighted by Crippen LogP contribution is -2.43. The van der Waals surface area contributed by atoms with E-state index in [1.54, 1.807) is 6.92 Å². The number of thiocarbonyl (C=S) groups is 1. The normalized spacial score (nSPS) is 13.6. The second kappa shape index (κ2) is 6.15. The fourth-order valence-corrected chi connectivity index (χ4v) is 1.63. The molecule has 5 heteroatoms. The monoisotopic (exact) mass is 245 g/mol. The fourth-order valence-electron chi connectivity index (χ4n) is 1.52. The summed E-state index contributed by atoms with van der Waals surface area (Å²) in [5, 5.41) is 2.88. The maximum atomic E-state index is 11.6. The van der Waals surface area contributed by atoms with Gasteiger partial charge >= 0.3 is 0 Å². The molecule has 4 nitrogen and oxygen atoms in total. The average molecular weight is 245 g/mol. The predicted octanol–water partition coefficient (Wildman–Crippen LogP) is 0.613. The maximum Gasteiger partial charge on any atom is 0.229 e. The van der Waals surface area contributed by atoms with Crippen LogP contribution >= 0.6 is 12.2 Å². The average Bonchev–Trinajstić information content (AvgIpc) is 2.10. The Labute approximate surface area is 104 Å². The van der Waals surface area contributed by atoms with Crippen molar-refractivity contribution in [3.05, 3.63) is 0 Å². The molecular formula is C11H23N3OS. The van der Waals surface area contributed by atoms with Gasteiger partial charge in [0, 0.05) is 13.1 Å². The van der Waals surface area contributed by atoms with Gasteiger partial charge in [-0.15, -0.1) is 0 Å². The topological polar surface area (TPSA) is 58.4 Å². The second-order valence-corrected chi connectivity index (χ2v) is 5.72. The Morgan fingerprint density at radius 3 is 2.38 bits per heavy atom. The van der Waals surface area contributed by atoms with Crippen LogP contribution in [0.3, 0.4) is 0 Å². The Morgan fingerprint density at radius 1 is 1.50 bits per heavy atom. The number of carbonyl (C=O) groups is 1. The van der Waals surface area contributed by atoms with E-state index in [0.717, 1.165) is 6.54 Å². The van der Waals surface area contributed by atoms with Crippen molar-refractivity contribution in [2.24, 2.45) is 17.1 Å². The van der Waals surface area contributed by atoms with Crippen molar-refractivity contribution < 1.29 is 4.79 Å². The van der Waals surface area contributed by atoms with Crippen molar-refractivity contribution in [1.29, 1.82) is 0 Å². The molecule has 0 aromatic heterocycles. The molecule has 0 bridgehead atoms. The first kappa shape index (κ1) is 15.3. The van der Waals surface area contributed by atoms with Gasteiger partial charge in [-0.1, -0.05) is 26.1 Å². The number of nitrogens with one attached hydrogen (secondary N) is 1. The Kier molecular flexibility index (Phi) is 5.89. The molecule has 1 atom stereocenters. The number of nitrogens with two attached hydrogens (primary N) is 1. The zero-order valence-electron chi connectivity index (χ0n) is 10.8. The zero-order valence-corrected chi connectivity index (χ0v) is 11.6. The summed E-state index contributed by atoms with van der Waals surface area (Å²) in [7, 11) is 4.03. The summed E-state index contributed by atoms with van der Waals surface area (Å²) >= 11 is 4.78. The van der Waals surface area contributed by atoms with Crippen molar-refractivity contribution >= 4 is 23.1 Å². The first-order valence-corrected chi connectivity index (χ1v) is 5.78. The highest BCUT2D eigenvalue weighted by atomic mass is 32.1. The molecule has 0 spiro atoms. The lowest BCUT2D eigenvalue weighted by atomic mass is 9.92. The molecule has 0 aromatic rings. The fraction of sp³-hybridized carbons (Fsp3) is 0.818. The molecule has 0 saturated heterocycles. The molecular weight excluding hydrogens is 222 g/mol. The summed E-state index contributed by atoms with van der Waals surface area (Å²) in [5.41, 5.74) is 5.46. The number of hydrogen-bond donors (Lipinski definition) is 2. The summed E-state index contributed by atoms with van der Waals surface area (Å²) in [5.74, 6) is -0.496. The van der Waals surface area contributed by atoms with Gasteiger partial charge in [0.15, 0.2) is 0 Å². The molecule has 0 rings (SSSR count). The van der Waals surface area contributed by atoms with Crippen LogP contribution in [-0.2, 0) is 4.79 Å². The Morgan fingerprint density at radius 2 is 2.00 bits per heavy atom. The minimum absolute atomic E-state index is 0.0368. The molecule has 1 unspecified atom stereocenters. The molecule has 1 amide bonds. The van der Waals surface area contributed by atoms with Crippen LogP contribution in [0, 0.1) is 11.3 Å². The van der Waals surface area contributed by atoms with E-state index in [2.05, 4.69) is 24.1 Å². The smallest absolute Gasteiger partial charge is 0.229 e. The number of carbonyl (C=O) groups excluding carboxylic acids is 1. The van der Waals surface area contributed by atoms with Gasteiger partial charge in [-0.3, -0.25) is 4.79 Å². The van der Waals surface area contributed by atoms with Gasteiger partial charge in [0.25, 0.3) is 0 Å². The van der Waals surface area contributed by atoms with Gasteiger partial charge in [0.1, 0.15) is 0 Å². The number of amides is 1. The standard InChI is InChI=1S/C11H23N3OS/c1-8(9(12)16)10(15)13-6-11(2,3)7-14(4)5/h8H,6-7H2,1-5H3,(H2,12,16)(H,13,15). The third-order valence-electron chi connectivity index (χ3n) is 2.31. The molecule has 0 radical (unpaired) electrons. The summed E-state index contributed by atoms with van der Waals surface area (Å²) < 4.78 is 0. The second-order valence-electron chi connectivity index (χ2n) is 5.24. The summed E-state index contributed by atoms with van der Waals surface area (Å²) in [6.45, 7) is 7.47. The molecule has 16 heavy (non-hydrogen) atoms. The van der Waals surface area contributed by atoms with E-state index in [0.29, 0.717) is 6.54 Å². The van der Waals surface area contributed by atoms with Crippen LogP contribution in [0.25, 0.3) is 0 Å². The predicted molar refractivity (Wildman–Crippen MR) is 71.3 cm³/mol. The molecule has 0 aliphatic heterocycles. The van der Waals surface area contributed by atoms with Crippen LogP contribution in [0.2, 0.25) is 0 Å². The summed E-state index contributed by atoms with van der Waals surface area (Å²) in [6.07, 6.45) is 0. The molecule has 0 aliphatic rings. The minimum atomic E-state index is -0.398. The lowest BCUT2D eigenvalue weighted by molar-refractivity contribution is -0.123. The quantitative estimate of drug-likeness (QED) is 0.673. The van der Waals surface area contributed by atoms with E-state index in [9.17, 15) is 4.79 Å². The largest absolute Gasteiger partial charge is 0.393 e. The van der Waals surface area contributed by atoms with Gasteiger partial charge < -0.3 is 16.0 Å². The van der Waals surface area contributed by atoms with E-state index in [-0.39, 0.29) is 16.3 Å². The molecule has 0 fully saturated rings. The number of rotatable bonds is 6. The first-order valence-electron chi connectivity index (χ1n) is 5.37. The van der Waals surface area contributed by atoms with Gasteiger partial charge in [0.05, 0.1) is 10.9 Å². The molecule has 94 valence electrons. The van der Waals surface area contributed by atoms with Crippen LogP contribution in [0.4, 0.5) is 0 Å². The Balaban J connectivity index is 4.14. The Hall–Kier alpha value is -0.680. The van der Waals surface area contributed by atoms with Gasteiger partial charge in [-0.05, 0) is 26.4 Å². The molecule has 0 heterocycles. The van der Waals surface area contributed by atoms with Crippen LogP contribution in [0.15, 0.2) is 0 Å².